The van der Waals surface area contributed by atoms with Gasteiger partial charge in [-0.3, -0.25) is 0 Å². The summed E-state index contributed by atoms with van der Waals surface area (Å²) in [5.74, 6) is 0. The molecule has 0 saturated heterocycles. The van der Waals surface area contributed by atoms with E-state index in [9.17, 15) is 0 Å². The standard InChI is InChI=1S/C5H15AsSi/c1-6(2)4-3-5-7/h3-5H2,1-2,7H3. The second kappa shape index (κ2) is 4.92. The monoisotopic (exact) mass is 178 g/mol. The van der Waals surface area contributed by atoms with Crippen LogP contribution in [-0.2, 0) is 0 Å². The molecular formula is C5H15AsSi. The summed E-state index contributed by atoms with van der Waals surface area (Å²) in [5, 5.41) is 1.58. The molecule has 0 aromatic carbocycles. The molecule has 0 saturated carbocycles. The zero-order chi connectivity index (χ0) is 5.70. The average Bonchev–Trinajstić information content (AvgIpc) is 1.61. The van der Waals surface area contributed by atoms with Crippen LogP contribution in [0.4, 0.5) is 0 Å². The Bertz CT molecular complexity index is 37.1. The maximum absolute atomic E-state index is 2.43. The fourth-order valence-electron chi connectivity index (χ4n) is 0.474. The molecule has 0 aliphatic carbocycles. The second-order valence-electron chi connectivity index (χ2n) is 2.16. The van der Waals surface area contributed by atoms with Crippen LogP contribution in [0.5, 0.6) is 0 Å². The summed E-state index contributed by atoms with van der Waals surface area (Å²) < 4.78 is 0. The first-order valence-corrected chi connectivity index (χ1v) is 9.41. The SMILES string of the molecule is C[As](C)CCC[SiH3]. The van der Waals surface area contributed by atoms with Crippen molar-refractivity contribution in [3.8, 4) is 0 Å². The Balaban J connectivity index is 2.68. The zero-order valence-corrected chi connectivity index (χ0v) is 9.45. The van der Waals surface area contributed by atoms with Crippen LogP contribution in [0.25, 0.3) is 0 Å². The van der Waals surface area contributed by atoms with E-state index >= 15 is 0 Å². The Morgan fingerprint density at radius 3 is 2.14 bits per heavy atom. The normalized spacial score (nSPS) is 10.7. The van der Waals surface area contributed by atoms with Crippen LogP contribution in [0, 0.1) is 0 Å². The van der Waals surface area contributed by atoms with Crippen molar-refractivity contribution in [1.82, 2.24) is 0 Å². The molecule has 0 aromatic rings. The summed E-state index contributed by atoms with van der Waals surface area (Å²) in [6.07, 6.45) is 1.53. The van der Waals surface area contributed by atoms with E-state index in [0.29, 0.717) is 0 Å². The molecule has 0 fully saturated rings. The fourth-order valence-corrected chi connectivity index (χ4v) is 4.11. The molecule has 0 radical (unpaired) electrons. The molecule has 0 unspecified atom stereocenters. The van der Waals surface area contributed by atoms with Gasteiger partial charge in [-0.2, -0.15) is 0 Å². The van der Waals surface area contributed by atoms with Gasteiger partial charge in [0.1, 0.15) is 0 Å². The Kier molecular flexibility index (Phi) is 5.47. The quantitative estimate of drug-likeness (QED) is 0.564. The molecule has 7 heavy (non-hydrogen) atoms. The van der Waals surface area contributed by atoms with E-state index in [2.05, 4.69) is 11.4 Å². The van der Waals surface area contributed by atoms with Crippen molar-refractivity contribution in [2.24, 2.45) is 0 Å². The topological polar surface area (TPSA) is 0 Å². The summed E-state index contributed by atoms with van der Waals surface area (Å²) in [4.78, 5) is 0. The van der Waals surface area contributed by atoms with Crippen LogP contribution in [0.1, 0.15) is 6.42 Å². The van der Waals surface area contributed by atoms with Crippen LogP contribution >= 0.6 is 0 Å². The molecule has 0 aliphatic rings. The number of hydrogen-bond donors (Lipinski definition) is 0. The molecule has 0 nitrogen and oxygen atoms in total. The molecule has 0 aromatic heterocycles. The van der Waals surface area contributed by atoms with Crippen LogP contribution < -0.4 is 0 Å². The maximum atomic E-state index is 2.43. The van der Waals surface area contributed by atoms with Gasteiger partial charge >= 0.3 is 54.0 Å². The van der Waals surface area contributed by atoms with E-state index in [1.165, 1.54) is 22.7 Å². The minimum absolute atomic E-state index is 0.220. The van der Waals surface area contributed by atoms with Gasteiger partial charge in [-0.05, 0) is 0 Å². The second-order valence-corrected chi connectivity index (χ2v) is 8.63. The molecule has 0 atom stereocenters. The van der Waals surface area contributed by atoms with Crippen molar-refractivity contribution in [3.05, 3.63) is 0 Å². The van der Waals surface area contributed by atoms with Gasteiger partial charge in [0.15, 0.2) is 0 Å². The Labute approximate surface area is 54.4 Å². The predicted octanol–water partition coefficient (Wildman–Crippen LogP) is 0.915. The van der Waals surface area contributed by atoms with Crippen LogP contribution in [0.15, 0.2) is 0 Å². The van der Waals surface area contributed by atoms with E-state index in [4.69, 9.17) is 0 Å². The van der Waals surface area contributed by atoms with Gasteiger partial charge in [-0.25, -0.2) is 0 Å². The van der Waals surface area contributed by atoms with Crippen LogP contribution in [-0.4, -0.2) is 24.9 Å². The van der Waals surface area contributed by atoms with Crippen molar-refractivity contribution >= 4 is 24.9 Å². The predicted molar refractivity (Wildman–Crippen MR) is 41.7 cm³/mol. The Morgan fingerprint density at radius 1 is 1.43 bits per heavy atom. The van der Waals surface area contributed by atoms with E-state index in [0.717, 1.165) is 0 Å². The summed E-state index contributed by atoms with van der Waals surface area (Å²) in [6, 6.07) is 1.52. The Hall–Kier alpha value is 0.775. The molecule has 0 N–H and O–H groups in total. The van der Waals surface area contributed by atoms with Gasteiger partial charge in [-0.15, -0.1) is 0 Å². The Morgan fingerprint density at radius 2 is 2.00 bits per heavy atom. The third kappa shape index (κ3) is 6.78. The van der Waals surface area contributed by atoms with Crippen LogP contribution in [0.2, 0.25) is 22.7 Å². The third-order valence-electron chi connectivity index (χ3n) is 0.959. The van der Waals surface area contributed by atoms with Crippen LogP contribution in [0.3, 0.4) is 0 Å². The molecule has 44 valence electrons. The van der Waals surface area contributed by atoms with Crippen molar-refractivity contribution in [3.63, 3.8) is 0 Å². The zero-order valence-electron chi connectivity index (χ0n) is 5.57. The number of rotatable bonds is 3. The summed E-state index contributed by atoms with van der Waals surface area (Å²) >= 11 is -0.220. The van der Waals surface area contributed by atoms with E-state index in [1.807, 2.05) is 0 Å². The van der Waals surface area contributed by atoms with Crippen molar-refractivity contribution in [2.45, 2.75) is 29.1 Å². The van der Waals surface area contributed by atoms with Gasteiger partial charge in [0.25, 0.3) is 0 Å². The minimum atomic E-state index is -0.220. The van der Waals surface area contributed by atoms with Gasteiger partial charge in [0.05, 0.1) is 0 Å². The fraction of sp³-hybridized carbons (Fsp3) is 1.00. The number of hydrogen-bond acceptors (Lipinski definition) is 0. The molecule has 0 rings (SSSR count). The molecule has 2 heteroatoms. The molecular weight excluding hydrogens is 163 g/mol. The van der Waals surface area contributed by atoms with Crippen molar-refractivity contribution < 1.29 is 0 Å². The van der Waals surface area contributed by atoms with Gasteiger partial charge < -0.3 is 0 Å². The molecule has 0 bridgehead atoms. The summed E-state index contributed by atoms with van der Waals surface area (Å²) in [5.41, 5.74) is 4.87. The van der Waals surface area contributed by atoms with E-state index in [1.54, 1.807) is 5.21 Å². The third-order valence-corrected chi connectivity index (χ3v) is 4.21. The first kappa shape index (κ1) is 7.78. The molecule has 0 heterocycles. The summed E-state index contributed by atoms with van der Waals surface area (Å²) in [7, 11) is 1.42. The van der Waals surface area contributed by atoms with Gasteiger partial charge in [-0.1, -0.05) is 0 Å². The first-order valence-electron chi connectivity index (χ1n) is 2.92. The van der Waals surface area contributed by atoms with Gasteiger partial charge in [0.2, 0.25) is 0 Å². The van der Waals surface area contributed by atoms with Crippen molar-refractivity contribution in [1.29, 1.82) is 0 Å². The molecule has 0 amide bonds. The van der Waals surface area contributed by atoms with Crippen molar-refractivity contribution in [2.75, 3.05) is 0 Å². The first-order chi connectivity index (χ1) is 3.27. The molecule has 0 spiro atoms. The van der Waals surface area contributed by atoms with Gasteiger partial charge in [0, 0.05) is 0 Å². The molecule has 0 aliphatic heterocycles. The summed E-state index contributed by atoms with van der Waals surface area (Å²) in [6.45, 7) is 0. The van der Waals surface area contributed by atoms with E-state index < -0.39 is 0 Å². The van der Waals surface area contributed by atoms with E-state index in [-0.39, 0.29) is 14.7 Å². The average molecular weight is 178 g/mol.